The maximum absolute atomic E-state index is 3.92. The van der Waals surface area contributed by atoms with Gasteiger partial charge in [-0.3, -0.25) is 5.10 Å². The molecule has 0 aromatic carbocycles. The fourth-order valence-electron chi connectivity index (χ4n) is 1.95. The van der Waals surface area contributed by atoms with E-state index in [0.29, 0.717) is 12.1 Å². The lowest BCUT2D eigenvalue weighted by atomic mass is 10.00. The smallest absolute Gasteiger partial charge is 0.0532 e. The summed E-state index contributed by atoms with van der Waals surface area (Å²) in [6.07, 6.45) is 6.35. The summed E-state index contributed by atoms with van der Waals surface area (Å²) in [6, 6.07) is 1.18. The minimum absolute atomic E-state index is 0.579. The van der Waals surface area contributed by atoms with Crippen molar-refractivity contribution in [2.75, 3.05) is 6.54 Å². The molecule has 0 spiro atoms. The normalized spacial score (nSPS) is 27.8. The topological polar surface area (TPSA) is 52.7 Å². The highest BCUT2D eigenvalue weighted by molar-refractivity contribution is 5.02. The molecule has 1 aliphatic heterocycles. The molecule has 2 rings (SSSR count). The van der Waals surface area contributed by atoms with Gasteiger partial charge in [-0.25, -0.2) is 0 Å². The molecule has 4 heteroatoms. The van der Waals surface area contributed by atoms with E-state index in [2.05, 4.69) is 27.8 Å². The van der Waals surface area contributed by atoms with Crippen molar-refractivity contribution in [2.45, 2.75) is 38.4 Å². The zero-order chi connectivity index (χ0) is 9.80. The lowest BCUT2D eigenvalue weighted by Gasteiger charge is -2.30. The fraction of sp³-hybridized carbons (Fsp3) is 0.700. The van der Waals surface area contributed by atoms with Crippen molar-refractivity contribution < 1.29 is 0 Å². The largest absolute Gasteiger partial charge is 0.313 e. The monoisotopic (exact) mass is 194 g/mol. The van der Waals surface area contributed by atoms with Crippen molar-refractivity contribution >= 4 is 0 Å². The standard InChI is InChI=1S/C10H18N4/c1-8-10(3-2-4-11-8)12-5-9-6-13-14-7-9/h6-8,10-12H,2-5H2,1H3,(H,13,14). The van der Waals surface area contributed by atoms with E-state index in [4.69, 9.17) is 0 Å². The van der Waals surface area contributed by atoms with Crippen molar-refractivity contribution in [3.8, 4) is 0 Å². The number of aromatic nitrogens is 2. The van der Waals surface area contributed by atoms with Gasteiger partial charge in [-0.05, 0) is 26.3 Å². The van der Waals surface area contributed by atoms with Gasteiger partial charge in [0.05, 0.1) is 6.20 Å². The first kappa shape index (κ1) is 9.68. The quantitative estimate of drug-likeness (QED) is 0.662. The van der Waals surface area contributed by atoms with E-state index in [1.54, 1.807) is 0 Å². The average Bonchev–Trinajstić information content (AvgIpc) is 2.69. The molecule has 78 valence electrons. The van der Waals surface area contributed by atoms with E-state index in [0.717, 1.165) is 13.1 Å². The minimum Gasteiger partial charge on any atom is -0.313 e. The van der Waals surface area contributed by atoms with Crippen molar-refractivity contribution in [3.05, 3.63) is 18.0 Å². The minimum atomic E-state index is 0.579. The summed E-state index contributed by atoms with van der Waals surface area (Å²) in [4.78, 5) is 0. The molecule has 4 nitrogen and oxygen atoms in total. The Kier molecular flexibility index (Phi) is 3.16. The molecule has 2 unspecified atom stereocenters. The summed E-state index contributed by atoms with van der Waals surface area (Å²) < 4.78 is 0. The Morgan fingerprint density at radius 1 is 1.64 bits per heavy atom. The number of hydrogen-bond donors (Lipinski definition) is 3. The van der Waals surface area contributed by atoms with Crippen LogP contribution in [0.5, 0.6) is 0 Å². The summed E-state index contributed by atoms with van der Waals surface area (Å²) in [5, 5.41) is 13.8. The Balaban J connectivity index is 1.79. The highest BCUT2D eigenvalue weighted by Gasteiger charge is 2.19. The average molecular weight is 194 g/mol. The van der Waals surface area contributed by atoms with Gasteiger partial charge < -0.3 is 10.6 Å². The van der Waals surface area contributed by atoms with Crippen LogP contribution < -0.4 is 10.6 Å². The van der Waals surface area contributed by atoms with Crippen LogP contribution in [0.1, 0.15) is 25.3 Å². The van der Waals surface area contributed by atoms with Crippen LogP contribution in [0.4, 0.5) is 0 Å². The Hall–Kier alpha value is -0.870. The van der Waals surface area contributed by atoms with E-state index >= 15 is 0 Å². The number of H-pyrrole nitrogens is 1. The molecule has 0 amide bonds. The van der Waals surface area contributed by atoms with Gasteiger partial charge in [-0.1, -0.05) is 0 Å². The summed E-state index contributed by atoms with van der Waals surface area (Å²) in [6.45, 7) is 4.31. The predicted molar refractivity (Wildman–Crippen MR) is 55.9 cm³/mol. The first-order chi connectivity index (χ1) is 6.86. The van der Waals surface area contributed by atoms with Crippen molar-refractivity contribution in [3.63, 3.8) is 0 Å². The number of hydrogen-bond acceptors (Lipinski definition) is 3. The lowest BCUT2D eigenvalue weighted by molar-refractivity contribution is 0.316. The van der Waals surface area contributed by atoms with E-state index in [1.165, 1.54) is 18.4 Å². The van der Waals surface area contributed by atoms with Crippen LogP contribution in [-0.4, -0.2) is 28.8 Å². The van der Waals surface area contributed by atoms with Gasteiger partial charge in [-0.2, -0.15) is 5.10 Å². The maximum Gasteiger partial charge on any atom is 0.0532 e. The molecule has 0 saturated carbocycles. The van der Waals surface area contributed by atoms with Crippen LogP contribution in [0, 0.1) is 0 Å². The van der Waals surface area contributed by atoms with Crippen LogP contribution in [0.2, 0.25) is 0 Å². The van der Waals surface area contributed by atoms with Gasteiger partial charge >= 0.3 is 0 Å². The molecule has 1 saturated heterocycles. The van der Waals surface area contributed by atoms with Crippen LogP contribution in [-0.2, 0) is 6.54 Å². The molecule has 1 aliphatic rings. The molecule has 0 radical (unpaired) electrons. The number of nitrogens with one attached hydrogen (secondary N) is 3. The van der Waals surface area contributed by atoms with Crippen LogP contribution in [0.25, 0.3) is 0 Å². The molecule has 1 fully saturated rings. The Labute approximate surface area is 84.5 Å². The molecule has 0 bridgehead atoms. The molecule has 1 aromatic heterocycles. The molecule has 2 atom stereocenters. The SMILES string of the molecule is CC1NCCCC1NCc1cn[nH]c1. The first-order valence-corrected chi connectivity index (χ1v) is 5.30. The third kappa shape index (κ3) is 2.33. The zero-order valence-corrected chi connectivity index (χ0v) is 8.59. The number of rotatable bonds is 3. The second-order valence-corrected chi connectivity index (χ2v) is 3.98. The van der Waals surface area contributed by atoms with Gasteiger partial charge in [0.1, 0.15) is 0 Å². The fourth-order valence-corrected chi connectivity index (χ4v) is 1.95. The lowest BCUT2D eigenvalue weighted by Crippen LogP contribution is -2.49. The van der Waals surface area contributed by atoms with Crippen molar-refractivity contribution in [1.82, 2.24) is 20.8 Å². The maximum atomic E-state index is 3.92. The summed E-state index contributed by atoms with van der Waals surface area (Å²) in [5.74, 6) is 0. The number of aromatic amines is 1. The van der Waals surface area contributed by atoms with E-state index in [9.17, 15) is 0 Å². The summed E-state index contributed by atoms with van der Waals surface area (Å²) in [5.41, 5.74) is 1.22. The molecule has 1 aromatic rings. The predicted octanol–water partition coefficient (Wildman–Crippen LogP) is 0.640. The molecule has 3 N–H and O–H groups in total. The molecular formula is C10H18N4. The summed E-state index contributed by atoms with van der Waals surface area (Å²) in [7, 11) is 0. The second-order valence-electron chi connectivity index (χ2n) is 3.98. The van der Waals surface area contributed by atoms with Gasteiger partial charge in [-0.15, -0.1) is 0 Å². The highest BCUT2D eigenvalue weighted by Crippen LogP contribution is 2.08. The van der Waals surface area contributed by atoms with E-state index in [-0.39, 0.29) is 0 Å². The number of piperidine rings is 1. The van der Waals surface area contributed by atoms with Gasteiger partial charge in [0.2, 0.25) is 0 Å². The van der Waals surface area contributed by atoms with Crippen LogP contribution in [0.15, 0.2) is 12.4 Å². The number of nitrogens with zero attached hydrogens (tertiary/aromatic N) is 1. The van der Waals surface area contributed by atoms with E-state index in [1.807, 2.05) is 12.4 Å². The second kappa shape index (κ2) is 4.57. The molecule has 14 heavy (non-hydrogen) atoms. The molecular weight excluding hydrogens is 176 g/mol. The van der Waals surface area contributed by atoms with Crippen molar-refractivity contribution in [1.29, 1.82) is 0 Å². The van der Waals surface area contributed by atoms with E-state index < -0.39 is 0 Å². The highest BCUT2D eigenvalue weighted by atomic mass is 15.1. The van der Waals surface area contributed by atoms with Crippen LogP contribution >= 0.6 is 0 Å². The van der Waals surface area contributed by atoms with Gasteiger partial charge in [0.15, 0.2) is 0 Å². The Morgan fingerprint density at radius 2 is 2.57 bits per heavy atom. The van der Waals surface area contributed by atoms with Crippen LogP contribution in [0.3, 0.4) is 0 Å². The third-order valence-electron chi connectivity index (χ3n) is 2.88. The van der Waals surface area contributed by atoms with Gasteiger partial charge in [0, 0.05) is 30.4 Å². The Bertz CT molecular complexity index is 257. The first-order valence-electron chi connectivity index (χ1n) is 5.30. The molecule has 0 aliphatic carbocycles. The van der Waals surface area contributed by atoms with Gasteiger partial charge in [0.25, 0.3) is 0 Å². The molecule has 2 heterocycles. The summed E-state index contributed by atoms with van der Waals surface area (Å²) >= 11 is 0. The Morgan fingerprint density at radius 3 is 3.29 bits per heavy atom. The van der Waals surface area contributed by atoms with Crippen molar-refractivity contribution in [2.24, 2.45) is 0 Å². The zero-order valence-electron chi connectivity index (χ0n) is 8.59. The third-order valence-corrected chi connectivity index (χ3v) is 2.88.